The Morgan fingerprint density at radius 1 is 1.27 bits per heavy atom. The molecule has 90 valence electrons. The monoisotopic (exact) mass is 214 g/mol. The molecule has 0 bridgehead atoms. The standard InChI is InChI=1S/C13H26O2/c1-11-6-4-5-7-12(11)8-9-15-13(2,3)10-14/h11-12,14H,4-10H2,1-3H3. The van der Waals surface area contributed by atoms with E-state index in [-0.39, 0.29) is 12.2 Å². The summed E-state index contributed by atoms with van der Waals surface area (Å²) in [7, 11) is 0. The molecule has 0 heterocycles. The fraction of sp³-hybridized carbons (Fsp3) is 1.00. The van der Waals surface area contributed by atoms with Crippen molar-refractivity contribution in [2.45, 2.75) is 58.5 Å². The third-order valence-electron chi connectivity index (χ3n) is 3.65. The van der Waals surface area contributed by atoms with Crippen molar-refractivity contribution in [2.75, 3.05) is 13.2 Å². The second kappa shape index (κ2) is 5.86. The molecule has 0 aromatic rings. The molecule has 0 aliphatic heterocycles. The molecule has 15 heavy (non-hydrogen) atoms. The highest BCUT2D eigenvalue weighted by Crippen LogP contribution is 2.32. The molecule has 2 unspecified atom stereocenters. The molecule has 1 aliphatic rings. The molecular weight excluding hydrogens is 188 g/mol. The van der Waals surface area contributed by atoms with E-state index in [0.717, 1.165) is 24.9 Å². The zero-order chi connectivity index (χ0) is 11.3. The van der Waals surface area contributed by atoms with Gasteiger partial charge in [0.1, 0.15) is 0 Å². The number of hydrogen-bond donors (Lipinski definition) is 1. The first kappa shape index (κ1) is 13.0. The van der Waals surface area contributed by atoms with Crippen molar-refractivity contribution in [3.8, 4) is 0 Å². The van der Waals surface area contributed by atoms with Gasteiger partial charge < -0.3 is 9.84 Å². The van der Waals surface area contributed by atoms with Crippen LogP contribution >= 0.6 is 0 Å². The SMILES string of the molecule is CC1CCCCC1CCOC(C)(C)CO. The molecule has 0 radical (unpaired) electrons. The molecule has 0 aromatic carbocycles. The molecule has 1 N–H and O–H groups in total. The maximum absolute atomic E-state index is 9.06. The van der Waals surface area contributed by atoms with Crippen LogP contribution in [-0.2, 0) is 4.74 Å². The minimum absolute atomic E-state index is 0.104. The fourth-order valence-electron chi connectivity index (χ4n) is 2.35. The molecule has 0 saturated heterocycles. The normalized spacial score (nSPS) is 28.0. The predicted octanol–water partition coefficient (Wildman–Crippen LogP) is 2.99. The number of ether oxygens (including phenoxy) is 1. The Morgan fingerprint density at radius 3 is 2.53 bits per heavy atom. The summed E-state index contributed by atoms with van der Waals surface area (Å²) < 4.78 is 5.68. The van der Waals surface area contributed by atoms with Gasteiger partial charge in [0, 0.05) is 6.61 Å². The molecule has 0 amide bonds. The minimum Gasteiger partial charge on any atom is -0.393 e. The van der Waals surface area contributed by atoms with E-state index in [9.17, 15) is 0 Å². The maximum Gasteiger partial charge on any atom is 0.0856 e. The minimum atomic E-state index is -0.363. The van der Waals surface area contributed by atoms with Crippen LogP contribution in [0.5, 0.6) is 0 Å². The average molecular weight is 214 g/mol. The highest BCUT2D eigenvalue weighted by Gasteiger charge is 2.22. The maximum atomic E-state index is 9.06. The van der Waals surface area contributed by atoms with Crippen LogP contribution in [0.2, 0.25) is 0 Å². The van der Waals surface area contributed by atoms with E-state index in [0.29, 0.717) is 0 Å². The van der Waals surface area contributed by atoms with Gasteiger partial charge in [0.05, 0.1) is 12.2 Å². The zero-order valence-electron chi connectivity index (χ0n) is 10.5. The van der Waals surface area contributed by atoms with Crippen molar-refractivity contribution in [3.63, 3.8) is 0 Å². The Hall–Kier alpha value is -0.0800. The van der Waals surface area contributed by atoms with Gasteiger partial charge in [0.2, 0.25) is 0 Å². The van der Waals surface area contributed by atoms with Gasteiger partial charge in [-0.3, -0.25) is 0 Å². The summed E-state index contributed by atoms with van der Waals surface area (Å²) in [5.74, 6) is 1.70. The molecule has 2 nitrogen and oxygen atoms in total. The summed E-state index contributed by atoms with van der Waals surface area (Å²) in [5, 5.41) is 9.06. The summed E-state index contributed by atoms with van der Waals surface area (Å²) in [5.41, 5.74) is -0.363. The predicted molar refractivity (Wildman–Crippen MR) is 62.9 cm³/mol. The summed E-state index contributed by atoms with van der Waals surface area (Å²) in [6.45, 7) is 7.14. The molecule has 2 atom stereocenters. The molecule has 0 spiro atoms. The van der Waals surface area contributed by atoms with Gasteiger partial charge in [-0.25, -0.2) is 0 Å². The fourth-order valence-corrected chi connectivity index (χ4v) is 2.35. The third kappa shape index (κ3) is 4.52. The Balaban J connectivity index is 2.19. The van der Waals surface area contributed by atoms with Crippen LogP contribution < -0.4 is 0 Å². The highest BCUT2D eigenvalue weighted by molar-refractivity contribution is 4.73. The van der Waals surface area contributed by atoms with Crippen LogP contribution in [0.15, 0.2) is 0 Å². The molecule has 2 heteroatoms. The molecule has 1 saturated carbocycles. The van der Waals surface area contributed by atoms with Gasteiger partial charge in [-0.15, -0.1) is 0 Å². The van der Waals surface area contributed by atoms with Gasteiger partial charge >= 0.3 is 0 Å². The topological polar surface area (TPSA) is 29.5 Å². The summed E-state index contributed by atoms with van der Waals surface area (Å²) >= 11 is 0. The van der Waals surface area contributed by atoms with Gasteiger partial charge in [0.15, 0.2) is 0 Å². The van der Waals surface area contributed by atoms with Crippen LogP contribution in [0.4, 0.5) is 0 Å². The first-order chi connectivity index (χ1) is 7.05. The Morgan fingerprint density at radius 2 is 1.93 bits per heavy atom. The van der Waals surface area contributed by atoms with Crippen LogP contribution in [0.3, 0.4) is 0 Å². The van der Waals surface area contributed by atoms with Crippen LogP contribution in [0, 0.1) is 11.8 Å². The number of aliphatic hydroxyl groups is 1. The Kier molecular flexibility index (Phi) is 5.07. The lowest BCUT2D eigenvalue weighted by Crippen LogP contribution is -2.30. The lowest BCUT2D eigenvalue weighted by molar-refractivity contribution is -0.0603. The van der Waals surface area contributed by atoms with E-state index in [4.69, 9.17) is 9.84 Å². The van der Waals surface area contributed by atoms with Crippen LogP contribution in [0.25, 0.3) is 0 Å². The van der Waals surface area contributed by atoms with Crippen LogP contribution in [-0.4, -0.2) is 23.9 Å². The number of aliphatic hydroxyl groups excluding tert-OH is 1. The van der Waals surface area contributed by atoms with Crippen molar-refractivity contribution in [1.82, 2.24) is 0 Å². The van der Waals surface area contributed by atoms with E-state index >= 15 is 0 Å². The third-order valence-corrected chi connectivity index (χ3v) is 3.65. The van der Waals surface area contributed by atoms with Gasteiger partial charge in [-0.1, -0.05) is 32.6 Å². The molecule has 1 rings (SSSR count). The van der Waals surface area contributed by atoms with E-state index in [2.05, 4.69) is 6.92 Å². The highest BCUT2D eigenvalue weighted by atomic mass is 16.5. The number of rotatable bonds is 5. The van der Waals surface area contributed by atoms with Crippen molar-refractivity contribution in [1.29, 1.82) is 0 Å². The largest absolute Gasteiger partial charge is 0.393 e. The zero-order valence-corrected chi connectivity index (χ0v) is 10.5. The smallest absolute Gasteiger partial charge is 0.0856 e. The summed E-state index contributed by atoms with van der Waals surface area (Å²) in [4.78, 5) is 0. The lowest BCUT2D eigenvalue weighted by Gasteiger charge is -2.30. The molecule has 1 aliphatic carbocycles. The average Bonchev–Trinajstić information content (AvgIpc) is 2.21. The van der Waals surface area contributed by atoms with Crippen molar-refractivity contribution in [3.05, 3.63) is 0 Å². The second-order valence-corrected chi connectivity index (χ2v) is 5.58. The van der Waals surface area contributed by atoms with Crippen molar-refractivity contribution in [2.24, 2.45) is 11.8 Å². The second-order valence-electron chi connectivity index (χ2n) is 5.58. The summed E-state index contributed by atoms with van der Waals surface area (Å²) in [6, 6.07) is 0. The van der Waals surface area contributed by atoms with Gasteiger partial charge in [-0.2, -0.15) is 0 Å². The van der Waals surface area contributed by atoms with Gasteiger partial charge in [0.25, 0.3) is 0 Å². The van der Waals surface area contributed by atoms with E-state index < -0.39 is 0 Å². The van der Waals surface area contributed by atoms with E-state index in [1.807, 2.05) is 13.8 Å². The van der Waals surface area contributed by atoms with Crippen LogP contribution in [0.1, 0.15) is 52.9 Å². The lowest BCUT2D eigenvalue weighted by atomic mass is 9.79. The molecule has 1 fully saturated rings. The number of hydrogen-bond acceptors (Lipinski definition) is 2. The molecular formula is C13H26O2. The first-order valence-corrected chi connectivity index (χ1v) is 6.30. The molecule has 0 aromatic heterocycles. The quantitative estimate of drug-likeness (QED) is 0.762. The Bertz CT molecular complexity index is 177. The Labute approximate surface area is 94.0 Å². The first-order valence-electron chi connectivity index (χ1n) is 6.30. The van der Waals surface area contributed by atoms with Crippen molar-refractivity contribution < 1.29 is 9.84 Å². The van der Waals surface area contributed by atoms with E-state index in [1.54, 1.807) is 0 Å². The van der Waals surface area contributed by atoms with E-state index in [1.165, 1.54) is 25.7 Å². The van der Waals surface area contributed by atoms with Crippen molar-refractivity contribution >= 4 is 0 Å². The van der Waals surface area contributed by atoms with Gasteiger partial charge in [-0.05, 0) is 32.1 Å². The summed E-state index contributed by atoms with van der Waals surface area (Å²) in [6.07, 6.45) is 6.70.